The second-order valence-corrected chi connectivity index (χ2v) is 7.75. The lowest BCUT2D eigenvalue weighted by Crippen LogP contribution is -2.48. The zero-order chi connectivity index (χ0) is 19.5. The second kappa shape index (κ2) is 10.9. The summed E-state index contributed by atoms with van der Waals surface area (Å²) in [7, 11) is 0. The summed E-state index contributed by atoms with van der Waals surface area (Å²) < 4.78 is 15.2. The van der Waals surface area contributed by atoms with Crippen molar-refractivity contribution in [3.05, 3.63) is 41.5 Å². The Kier molecular flexibility index (Phi) is 8.88. The molecule has 2 aliphatic heterocycles. The molecule has 2 aliphatic rings. The smallest absolute Gasteiger partial charge is 0.273 e. The Labute approximate surface area is 188 Å². The maximum Gasteiger partial charge on any atom is 0.273 e. The summed E-state index contributed by atoms with van der Waals surface area (Å²) >= 11 is 0. The van der Waals surface area contributed by atoms with Gasteiger partial charge in [-0.25, -0.2) is 9.07 Å². The zero-order valence-electron chi connectivity index (χ0n) is 17.0. The monoisotopic (exact) mass is 458 g/mol. The predicted molar refractivity (Wildman–Crippen MR) is 119 cm³/mol. The maximum atomic E-state index is 13.4. The predicted octanol–water partition coefficient (Wildman–Crippen LogP) is 2.89. The number of carbonyl (C=O) groups excluding carboxylic acids is 1. The van der Waals surface area contributed by atoms with E-state index in [0.29, 0.717) is 18.3 Å². The first-order valence-corrected chi connectivity index (χ1v) is 10.0. The first kappa shape index (κ1) is 24.4. The van der Waals surface area contributed by atoms with Crippen LogP contribution in [0.15, 0.2) is 24.4 Å². The molecule has 2 saturated heterocycles. The number of nitrogens with zero attached hydrogens (tertiary/aromatic N) is 4. The highest BCUT2D eigenvalue weighted by atomic mass is 35.5. The molecule has 1 unspecified atom stereocenters. The first-order valence-electron chi connectivity index (χ1n) is 10.0. The van der Waals surface area contributed by atoms with Gasteiger partial charge < -0.3 is 15.5 Å². The van der Waals surface area contributed by atoms with E-state index in [4.69, 9.17) is 0 Å². The number of carbonyl (C=O) groups is 1. The highest BCUT2D eigenvalue weighted by Crippen LogP contribution is 2.24. The number of hydrogen-bond acceptors (Lipinski definition) is 5. The maximum absolute atomic E-state index is 13.4. The van der Waals surface area contributed by atoms with Crippen LogP contribution in [0.1, 0.15) is 47.8 Å². The summed E-state index contributed by atoms with van der Waals surface area (Å²) in [5, 5.41) is 14.7. The molecule has 1 amide bonds. The third-order valence-electron chi connectivity index (χ3n) is 5.68. The number of piperidine rings is 2. The van der Waals surface area contributed by atoms with Gasteiger partial charge in [0.15, 0.2) is 5.69 Å². The number of halogens is 3. The molecule has 3 heterocycles. The van der Waals surface area contributed by atoms with Crippen molar-refractivity contribution < 1.29 is 9.18 Å². The molecular formula is C20H29Cl2FN6O. The molecule has 1 aromatic heterocycles. The summed E-state index contributed by atoms with van der Waals surface area (Å²) in [5.41, 5.74) is 2.31. The van der Waals surface area contributed by atoms with E-state index in [9.17, 15) is 9.18 Å². The lowest BCUT2D eigenvalue weighted by molar-refractivity contribution is 0.0928. The van der Waals surface area contributed by atoms with Gasteiger partial charge in [0, 0.05) is 24.8 Å². The van der Waals surface area contributed by atoms with Crippen LogP contribution in [-0.4, -0.2) is 53.1 Å². The molecule has 0 spiro atoms. The molecule has 2 aromatic rings. The number of aryl methyl sites for hydroxylation is 1. The summed E-state index contributed by atoms with van der Waals surface area (Å²) in [6.07, 6.45) is 5.66. The van der Waals surface area contributed by atoms with Crippen molar-refractivity contribution in [1.29, 1.82) is 0 Å². The number of nitrogens with one attached hydrogen (secondary N) is 2. The molecule has 4 rings (SSSR count). The van der Waals surface area contributed by atoms with Gasteiger partial charge >= 0.3 is 0 Å². The van der Waals surface area contributed by atoms with Gasteiger partial charge in [0.25, 0.3) is 5.91 Å². The van der Waals surface area contributed by atoms with Crippen molar-refractivity contribution >= 4 is 36.4 Å². The van der Waals surface area contributed by atoms with E-state index in [2.05, 4.69) is 25.8 Å². The highest BCUT2D eigenvalue weighted by Gasteiger charge is 2.25. The fourth-order valence-corrected chi connectivity index (χ4v) is 4.18. The van der Waals surface area contributed by atoms with Crippen molar-refractivity contribution in [1.82, 2.24) is 25.6 Å². The average molecular weight is 459 g/mol. The Balaban J connectivity index is 0.00000160. The molecule has 0 bridgehead atoms. The van der Waals surface area contributed by atoms with Crippen LogP contribution >= 0.6 is 24.8 Å². The van der Waals surface area contributed by atoms with Crippen LogP contribution < -0.4 is 15.5 Å². The van der Waals surface area contributed by atoms with Gasteiger partial charge in [-0.2, -0.15) is 0 Å². The Morgan fingerprint density at radius 1 is 1.23 bits per heavy atom. The summed E-state index contributed by atoms with van der Waals surface area (Å²) in [4.78, 5) is 14.9. The Bertz CT molecular complexity index is 842. The minimum Gasteiger partial charge on any atom is -0.369 e. The van der Waals surface area contributed by atoms with Gasteiger partial charge in [-0.1, -0.05) is 5.21 Å². The minimum atomic E-state index is -0.222. The van der Waals surface area contributed by atoms with Crippen molar-refractivity contribution in [3.63, 3.8) is 0 Å². The molecule has 166 valence electrons. The zero-order valence-corrected chi connectivity index (χ0v) is 18.6. The Morgan fingerprint density at radius 2 is 2.00 bits per heavy atom. The van der Waals surface area contributed by atoms with Crippen molar-refractivity contribution in [2.45, 2.75) is 44.7 Å². The second-order valence-electron chi connectivity index (χ2n) is 7.75. The number of aromatic nitrogens is 3. The van der Waals surface area contributed by atoms with Crippen molar-refractivity contribution in [2.75, 3.05) is 31.1 Å². The molecule has 1 atom stereocenters. The van der Waals surface area contributed by atoms with Crippen LogP contribution in [0.4, 0.5) is 10.1 Å². The van der Waals surface area contributed by atoms with E-state index >= 15 is 0 Å². The summed E-state index contributed by atoms with van der Waals surface area (Å²) in [6.45, 7) is 5.46. The molecule has 2 fully saturated rings. The van der Waals surface area contributed by atoms with E-state index < -0.39 is 0 Å². The SMILES string of the molecule is Cc1cc(F)ccc1N1CCCC(NC(=O)c2cn(C3CCNCC3)nn2)C1.Cl.Cl. The van der Waals surface area contributed by atoms with Gasteiger partial charge in [-0.15, -0.1) is 29.9 Å². The highest BCUT2D eigenvalue weighted by molar-refractivity contribution is 5.92. The van der Waals surface area contributed by atoms with E-state index in [1.807, 2.05) is 17.7 Å². The molecular weight excluding hydrogens is 430 g/mol. The van der Waals surface area contributed by atoms with Crippen molar-refractivity contribution in [2.24, 2.45) is 0 Å². The van der Waals surface area contributed by atoms with Crippen molar-refractivity contribution in [3.8, 4) is 0 Å². The average Bonchev–Trinajstić information content (AvgIpc) is 3.19. The molecule has 7 nitrogen and oxygen atoms in total. The fraction of sp³-hybridized carbons (Fsp3) is 0.550. The van der Waals surface area contributed by atoms with E-state index in [0.717, 1.165) is 56.6 Å². The molecule has 1 aromatic carbocycles. The van der Waals surface area contributed by atoms with Crippen LogP contribution in [0, 0.1) is 12.7 Å². The Hall–Kier alpha value is -1.90. The van der Waals surface area contributed by atoms with Gasteiger partial charge in [0.2, 0.25) is 0 Å². The molecule has 0 radical (unpaired) electrons. The number of anilines is 1. The molecule has 30 heavy (non-hydrogen) atoms. The minimum absolute atomic E-state index is 0. The first-order chi connectivity index (χ1) is 13.6. The normalized spacial score (nSPS) is 19.5. The number of benzene rings is 1. The topological polar surface area (TPSA) is 75.1 Å². The van der Waals surface area contributed by atoms with E-state index in [1.54, 1.807) is 12.3 Å². The molecule has 0 aliphatic carbocycles. The lowest BCUT2D eigenvalue weighted by atomic mass is 10.0. The lowest BCUT2D eigenvalue weighted by Gasteiger charge is -2.35. The van der Waals surface area contributed by atoms with Gasteiger partial charge in [0.05, 0.1) is 12.2 Å². The largest absolute Gasteiger partial charge is 0.369 e. The van der Waals surface area contributed by atoms with Crippen LogP contribution in [0.3, 0.4) is 0 Å². The number of amides is 1. The quantitative estimate of drug-likeness (QED) is 0.736. The van der Waals surface area contributed by atoms with E-state index in [1.165, 1.54) is 6.07 Å². The standard InChI is InChI=1S/C20H27FN6O.2ClH/c1-14-11-15(21)4-5-19(14)26-10-2-3-16(12-26)23-20(28)18-13-27(25-24-18)17-6-8-22-9-7-17;;/h4-5,11,13,16-17,22H,2-3,6-10,12H2,1H3,(H,23,28);2*1H. The number of rotatable bonds is 4. The van der Waals surface area contributed by atoms with Crippen LogP contribution in [0.2, 0.25) is 0 Å². The van der Waals surface area contributed by atoms with Gasteiger partial charge in [-0.3, -0.25) is 4.79 Å². The van der Waals surface area contributed by atoms with E-state index in [-0.39, 0.29) is 42.6 Å². The Morgan fingerprint density at radius 3 is 2.73 bits per heavy atom. The fourth-order valence-electron chi connectivity index (χ4n) is 4.18. The number of hydrogen-bond donors (Lipinski definition) is 2. The third-order valence-corrected chi connectivity index (χ3v) is 5.68. The molecule has 2 N–H and O–H groups in total. The third kappa shape index (κ3) is 5.62. The van der Waals surface area contributed by atoms with Crippen LogP contribution in [0.25, 0.3) is 0 Å². The summed E-state index contributed by atoms with van der Waals surface area (Å²) in [5.74, 6) is -0.400. The van der Waals surface area contributed by atoms with Gasteiger partial charge in [-0.05, 0) is 69.5 Å². The summed E-state index contributed by atoms with van der Waals surface area (Å²) in [6, 6.07) is 5.20. The van der Waals surface area contributed by atoms with Gasteiger partial charge in [0.1, 0.15) is 5.82 Å². The molecule has 10 heteroatoms. The molecule has 0 saturated carbocycles. The van der Waals surface area contributed by atoms with Crippen LogP contribution in [0.5, 0.6) is 0 Å². The van der Waals surface area contributed by atoms with Crippen LogP contribution in [-0.2, 0) is 0 Å².